The van der Waals surface area contributed by atoms with E-state index in [4.69, 9.17) is 42.3 Å². The molecule has 0 spiro atoms. The number of ketones is 1. The molecule has 1 unspecified atom stereocenters. The average Bonchev–Trinajstić information content (AvgIpc) is 2.83. The summed E-state index contributed by atoms with van der Waals surface area (Å²) in [4.78, 5) is 25.5. The van der Waals surface area contributed by atoms with Gasteiger partial charge in [0.15, 0.2) is 17.3 Å². The first-order valence-corrected chi connectivity index (χ1v) is 11.9. The zero-order chi connectivity index (χ0) is 26.0. The van der Waals surface area contributed by atoms with Crippen molar-refractivity contribution >= 4 is 46.4 Å². The molecule has 0 fully saturated rings. The average molecular weight is 526 g/mol. The summed E-state index contributed by atoms with van der Waals surface area (Å²) < 4.78 is 23.0. The van der Waals surface area contributed by atoms with E-state index in [2.05, 4.69) is 10.2 Å². The summed E-state index contributed by atoms with van der Waals surface area (Å²) in [6.45, 7) is 10.00. The predicted molar refractivity (Wildman–Crippen MR) is 135 cm³/mol. The van der Waals surface area contributed by atoms with Crippen LogP contribution in [0.2, 0.25) is 5.02 Å². The summed E-state index contributed by atoms with van der Waals surface area (Å²) in [5.41, 5.74) is 0.413. The minimum absolute atomic E-state index is 0.141. The molecule has 2 aromatic carbocycles. The summed E-state index contributed by atoms with van der Waals surface area (Å²) in [6.07, 6.45) is 0. The number of amides is 1. The van der Waals surface area contributed by atoms with E-state index < -0.39 is 17.7 Å². The lowest BCUT2D eigenvalue weighted by Gasteiger charge is -2.20. The highest BCUT2D eigenvalue weighted by atomic mass is 35.5. The smallest absolute Gasteiger partial charge is 0.276 e. The van der Waals surface area contributed by atoms with Gasteiger partial charge >= 0.3 is 0 Å². The van der Waals surface area contributed by atoms with Crippen LogP contribution in [0.25, 0.3) is 0 Å². The largest absolute Gasteiger partial charge is 0.494 e. The van der Waals surface area contributed by atoms with Gasteiger partial charge in [-0.05, 0) is 58.9 Å². The molecule has 2 aromatic rings. The second-order valence-electron chi connectivity index (χ2n) is 6.94. The van der Waals surface area contributed by atoms with Crippen LogP contribution in [0.5, 0.6) is 23.0 Å². The summed E-state index contributed by atoms with van der Waals surface area (Å²) in [7, 11) is 0. The molecule has 11 heteroatoms. The zero-order valence-electron chi connectivity index (χ0n) is 20.3. The van der Waals surface area contributed by atoms with Gasteiger partial charge in [0.25, 0.3) is 5.91 Å². The van der Waals surface area contributed by atoms with Crippen LogP contribution in [0.15, 0.2) is 40.6 Å². The number of benzene rings is 2. The first-order chi connectivity index (χ1) is 16.8. The molecule has 35 heavy (non-hydrogen) atoms. The Labute approximate surface area is 215 Å². The number of carbonyl (C=O) groups is 2. The molecular formula is C24H29Cl2N3O6. The quantitative estimate of drug-likeness (QED) is 0.176. The van der Waals surface area contributed by atoms with Gasteiger partial charge < -0.3 is 18.9 Å². The number of hydrogen-bond acceptors (Lipinski definition) is 8. The van der Waals surface area contributed by atoms with Crippen molar-refractivity contribution in [2.75, 3.05) is 30.8 Å². The van der Waals surface area contributed by atoms with E-state index >= 15 is 0 Å². The summed E-state index contributed by atoms with van der Waals surface area (Å²) >= 11 is 12.8. The first kappa shape index (κ1) is 28.2. The second kappa shape index (κ2) is 13.7. The molecule has 0 aliphatic carbocycles. The van der Waals surface area contributed by atoms with Gasteiger partial charge in [0.05, 0.1) is 26.4 Å². The van der Waals surface area contributed by atoms with Crippen LogP contribution in [-0.2, 0) is 9.59 Å². The monoisotopic (exact) mass is 525 g/mol. The van der Waals surface area contributed by atoms with Gasteiger partial charge in [-0.1, -0.05) is 11.6 Å². The molecule has 0 saturated heterocycles. The highest BCUT2D eigenvalue weighted by Gasteiger charge is 2.31. The van der Waals surface area contributed by atoms with Crippen molar-refractivity contribution in [1.29, 1.82) is 0 Å². The van der Waals surface area contributed by atoms with E-state index in [-0.39, 0.29) is 16.4 Å². The van der Waals surface area contributed by atoms with Gasteiger partial charge in [-0.25, -0.2) is 4.42 Å². The highest BCUT2D eigenvalue weighted by molar-refractivity contribution is 6.39. The van der Waals surface area contributed by atoms with Crippen LogP contribution < -0.4 is 23.4 Å². The topological polar surface area (TPSA) is 99.0 Å². The number of hydrogen-bond donors (Lipinski definition) is 0. The summed E-state index contributed by atoms with van der Waals surface area (Å²) in [6, 6.07) is 6.53. The number of ether oxygens (including phenoxy) is 4. The van der Waals surface area contributed by atoms with Crippen LogP contribution in [0.4, 0.5) is 11.4 Å². The fraction of sp³-hybridized carbons (Fsp3) is 0.417. The normalized spacial score (nSPS) is 11.7. The molecule has 0 heterocycles. The van der Waals surface area contributed by atoms with E-state index in [0.29, 0.717) is 49.4 Å². The maximum atomic E-state index is 13.2. The predicted octanol–water partition coefficient (Wildman–Crippen LogP) is 6.16. The highest BCUT2D eigenvalue weighted by Crippen LogP contribution is 2.42. The molecule has 0 N–H and O–H groups in total. The fourth-order valence-electron chi connectivity index (χ4n) is 2.99. The maximum absolute atomic E-state index is 13.2. The third-order valence-electron chi connectivity index (χ3n) is 4.48. The van der Waals surface area contributed by atoms with Crippen LogP contribution >= 0.6 is 23.4 Å². The minimum atomic E-state index is -1.52. The van der Waals surface area contributed by atoms with Crippen LogP contribution in [0, 0.1) is 0 Å². The van der Waals surface area contributed by atoms with Crippen molar-refractivity contribution in [3.8, 4) is 23.0 Å². The molecule has 0 bridgehead atoms. The number of carbonyl (C=O) groups excluding carboxylic acids is 2. The van der Waals surface area contributed by atoms with Crippen molar-refractivity contribution in [2.45, 2.75) is 40.7 Å². The number of halogens is 2. The number of nitrogens with zero attached hydrogens (tertiary/aromatic N) is 3. The van der Waals surface area contributed by atoms with E-state index in [1.54, 1.807) is 44.2 Å². The molecule has 0 aromatic heterocycles. The van der Waals surface area contributed by atoms with Gasteiger partial charge in [-0.3, -0.25) is 9.59 Å². The van der Waals surface area contributed by atoms with Gasteiger partial charge in [-0.15, -0.1) is 0 Å². The Hall–Kier alpha value is -3.04. The van der Waals surface area contributed by atoms with Crippen molar-refractivity contribution < 1.29 is 28.5 Å². The number of anilines is 1. The van der Waals surface area contributed by atoms with Crippen molar-refractivity contribution in [2.24, 2.45) is 10.2 Å². The molecule has 0 radical (unpaired) electrons. The van der Waals surface area contributed by atoms with Gasteiger partial charge in [-0.2, -0.15) is 10.2 Å². The first-order valence-electron chi connectivity index (χ1n) is 11.2. The molecule has 2 rings (SSSR count). The number of azo groups is 1. The Kier molecular flexibility index (Phi) is 11.1. The second-order valence-corrected chi connectivity index (χ2v) is 7.65. The lowest BCUT2D eigenvalue weighted by atomic mass is 10.2. The molecular weight excluding hydrogens is 497 g/mol. The Morgan fingerprint density at radius 3 is 2.11 bits per heavy atom. The SMILES string of the molecule is CCOc1ccc(OCC)c(N(Cl)C(=O)C(N=Nc2ccc(OCC)c(OCC)c2Cl)C(C)=O)c1. The van der Waals surface area contributed by atoms with Crippen LogP contribution in [0.1, 0.15) is 34.6 Å². The maximum Gasteiger partial charge on any atom is 0.276 e. The number of Topliss-reactive ketones (excluding diaryl/α,β-unsaturated/α-hetero) is 1. The summed E-state index contributed by atoms with van der Waals surface area (Å²) in [5.74, 6) is 0.192. The molecule has 1 atom stereocenters. The third-order valence-corrected chi connectivity index (χ3v) is 5.19. The zero-order valence-corrected chi connectivity index (χ0v) is 21.9. The molecule has 9 nitrogen and oxygen atoms in total. The lowest BCUT2D eigenvalue weighted by molar-refractivity contribution is -0.126. The molecule has 0 aliphatic heterocycles. The van der Waals surface area contributed by atoms with E-state index in [1.165, 1.54) is 6.92 Å². The lowest BCUT2D eigenvalue weighted by Crippen LogP contribution is -2.36. The van der Waals surface area contributed by atoms with Gasteiger partial charge in [0.1, 0.15) is 27.9 Å². The Bertz CT molecular complexity index is 1060. The van der Waals surface area contributed by atoms with E-state index in [0.717, 1.165) is 4.42 Å². The Morgan fingerprint density at radius 2 is 1.51 bits per heavy atom. The van der Waals surface area contributed by atoms with Crippen LogP contribution in [-0.4, -0.2) is 44.2 Å². The Morgan fingerprint density at radius 1 is 0.914 bits per heavy atom. The minimum Gasteiger partial charge on any atom is -0.494 e. The van der Waals surface area contributed by atoms with Crippen molar-refractivity contribution in [3.05, 3.63) is 35.4 Å². The van der Waals surface area contributed by atoms with E-state index in [9.17, 15) is 9.59 Å². The third kappa shape index (κ3) is 7.22. The number of rotatable bonds is 13. The molecule has 0 aliphatic rings. The Balaban J connectivity index is 2.40. The molecule has 190 valence electrons. The fourth-order valence-corrected chi connectivity index (χ4v) is 3.46. The summed E-state index contributed by atoms with van der Waals surface area (Å²) in [5, 5.41) is 8.15. The molecule has 1 amide bonds. The van der Waals surface area contributed by atoms with Crippen molar-refractivity contribution in [3.63, 3.8) is 0 Å². The van der Waals surface area contributed by atoms with E-state index in [1.807, 2.05) is 13.8 Å². The van der Waals surface area contributed by atoms with Crippen LogP contribution in [0.3, 0.4) is 0 Å². The van der Waals surface area contributed by atoms with Gasteiger partial charge in [0, 0.05) is 17.8 Å². The molecule has 0 saturated carbocycles. The standard InChI is InChI=1S/C24H29Cl2N3O6/c1-6-32-16-10-12-19(33-7-2)18(14-16)29(26)24(31)22(15(5)30)28-27-17-11-13-20(34-8-3)23(21(17)25)35-9-4/h10-14,22H,6-9H2,1-5H3. The van der Waals surface area contributed by atoms with Gasteiger partial charge in [0.2, 0.25) is 6.04 Å². The van der Waals surface area contributed by atoms with Crippen molar-refractivity contribution in [1.82, 2.24) is 0 Å².